The lowest BCUT2D eigenvalue weighted by Gasteiger charge is -2.14. The van der Waals surface area contributed by atoms with Gasteiger partial charge in [0.2, 0.25) is 0 Å². The van der Waals surface area contributed by atoms with Gasteiger partial charge in [-0.2, -0.15) is 18.6 Å². The third-order valence-electron chi connectivity index (χ3n) is 3.75. The van der Waals surface area contributed by atoms with Crippen molar-refractivity contribution in [3.8, 4) is 17.2 Å². The Labute approximate surface area is 147 Å². The van der Waals surface area contributed by atoms with Crippen molar-refractivity contribution in [1.29, 1.82) is 0 Å². The van der Waals surface area contributed by atoms with Crippen LogP contribution in [0, 0.1) is 5.92 Å². The summed E-state index contributed by atoms with van der Waals surface area (Å²) in [5, 5.41) is 3.94. The van der Waals surface area contributed by atoms with E-state index in [0.29, 0.717) is 12.5 Å². The number of hydrogen-bond acceptors (Lipinski definition) is 6. The van der Waals surface area contributed by atoms with Gasteiger partial charge in [-0.3, -0.25) is 4.79 Å². The van der Waals surface area contributed by atoms with Crippen molar-refractivity contribution in [1.82, 2.24) is 9.78 Å². The molecule has 1 heterocycles. The van der Waals surface area contributed by atoms with Crippen LogP contribution in [0.15, 0.2) is 35.1 Å². The fraction of sp³-hybridized carbons (Fsp3) is 0.353. The van der Waals surface area contributed by atoms with E-state index in [1.54, 1.807) is 0 Å². The Morgan fingerprint density at radius 2 is 2.04 bits per heavy atom. The highest BCUT2D eigenvalue weighted by Crippen LogP contribution is 2.34. The predicted octanol–water partition coefficient (Wildman–Crippen LogP) is 2.41. The molecule has 7 nitrogen and oxygen atoms in total. The van der Waals surface area contributed by atoms with E-state index in [2.05, 4.69) is 14.6 Å². The molecular weight excluding hydrogens is 350 g/mol. The second-order valence-electron chi connectivity index (χ2n) is 5.72. The summed E-state index contributed by atoms with van der Waals surface area (Å²) in [7, 11) is 1.19. The van der Waals surface area contributed by atoms with Gasteiger partial charge in [-0.25, -0.2) is 4.79 Å². The van der Waals surface area contributed by atoms with Crippen LogP contribution in [0.2, 0.25) is 0 Å². The summed E-state index contributed by atoms with van der Waals surface area (Å²) in [4.78, 5) is 23.7. The molecule has 0 aliphatic heterocycles. The van der Waals surface area contributed by atoms with Gasteiger partial charge in [-0.15, -0.1) is 0 Å². The van der Waals surface area contributed by atoms with Gasteiger partial charge in [0.1, 0.15) is 0 Å². The first kappa shape index (κ1) is 17.8. The zero-order valence-electron chi connectivity index (χ0n) is 13.9. The van der Waals surface area contributed by atoms with E-state index in [4.69, 9.17) is 4.74 Å². The Kier molecular flexibility index (Phi) is 5.15. The van der Waals surface area contributed by atoms with Crippen LogP contribution in [0.25, 0.3) is 5.69 Å². The summed E-state index contributed by atoms with van der Waals surface area (Å²) in [6, 6.07) is 6.41. The zero-order chi connectivity index (χ0) is 18.7. The maximum Gasteiger partial charge on any atom is 0.387 e. The minimum atomic E-state index is -3.01. The molecule has 0 bridgehead atoms. The van der Waals surface area contributed by atoms with E-state index < -0.39 is 18.1 Å². The van der Waals surface area contributed by atoms with Crippen LogP contribution >= 0.6 is 0 Å². The molecule has 0 atom stereocenters. The van der Waals surface area contributed by atoms with Crippen LogP contribution in [0.4, 0.5) is 8.78 Å². The molecule has 2 aromatic rings. The highest BCUT2D eigenvalue weighted by Gasteiger charge is 2.23. The van der Waals surface area contributed by atoms with Crippen LogP contribution in [0.1, 0.15) is 23.3 Å². The number of benzene rings is 1. The maximum atomic E-state index is 12.6. The van der Waals surface area contributed by atoms with Gasteiger partial charge in [0.05, 0.1) is 19.4 Å². The minimum absolute atomic E-state index is 0.0690. The van der Waals surface area contributed by atoms with Gasteiger partial charge in [-0.1, -0.05) is 0 Å². The van der Waals surface area contributed by atoms with Gasteiger partial charge >= 0.3 is 12.6 Å². The number of aromatic nitrogens is 2. The number of rotatable bonds is 7. The molecule has 138 valence electrons. The average Bonchev–Trinajstić information content (AvgIpc) is 3.44. The third kappa shape index (κ3) is 4.16. The first-order chi connectivity index (χ1) is 12.5. The van der Waals surface area contributed by atoms with Crippen LogP contribution in [0.5, 0.6) is 11.5 Å². The molecule has 1 aliphatic carbocycles. The van der Waals surface area contributed by atoms with Gasteiger partial charge in [0.15, 0.2) is 17.2 Å². The van der Waals surface area contributed by atoms with E-state index in [1.165, 1.54) is 31.4 Å². The van der Waals surface area contributed by atoms with E-state index in [9.17, 15) is 18.4 Å². The molecule has 0 spiro atoms. The van der Waals surface area contributed by atoms with Crippen molar-refractivity contribution in [3.05, 3.63) is 46.4 Å². The predicted molar refractivity (Wildman–Crippen MR) is 86.0 cm³/mol. The van der Waals surface area contributed by atoms with Gasteiger partial charge in [0, 0.05) is 12.1 Å². The molecule has 0 unspecified atom stereocenters. The minimum Gasteiger partial charge on any atom is -0.489 e. The molecule has 0 amide bonds. The van der Waals surface area contributed by atoms with Crippen molar-refractivity contribution in [2.45, 2.75) is 19.5 Å². The first-order valence-electron chi connectivity index (χ1n) is 7.88. The number of carbonyl (C=O) groups is 1. The lowest BCUT2D eigenvalue weighted by atomic mass is 10.2. The number of halogens is 2. The standard InChI is InChI=1S/C17H16F2N2O5/c1-24-16(23)12-5-7-15(22)21(20-12)11-4-6-13(26-17(18)19)14(8-11)25-9-10-2-3-10/h4-8,10,17H,2-3,9H2,1H3. The Balaban J connectivity index is 1.97. The van der Waals surface area contributed by atoms with Gasteiger partial charge in [0.25, 0.3) is 5.56 Å². The SMILES string of the molecule is COC(=O)c1ccc(=O)n(-c2ccc(OC(F)F)c(OCC3CC3)c2)n1. The molecule has 0 N–H and O–H groups in total. The largest absolute Gasteiger partial charge is 0.489 e. The zero-order valence-corrected chi connectivity index (χ0v) is 13.9. The van der Waals surface area contributed by atoms with E-state index in [-0.39, 0.29) is 22.9 Å². The number of esters is 1. The van der Waals surface area contributed by atoms with Crippen LogP contribution < -0.4 is 15.0 Å². The molecule has 0 saturated heterocycles. The molecule has 0 radical (unpaired) electrons. The van der Waals surface area contributed by atoms with E-state index >= 15 is 0 Å². The van der Waals surface area contributed by atoms with Crippen molar-refractivity contribution in [3.63, 3.8) is 0 Å². The van der Waals surface area contributed by atoms with Crippen molar-refractivity contribution in [2.75, 3.05) is 13.7 Å². The summed E-state index contributed by atoms with van der Waals surface area (Å²) >= 11 is 0. The summed E-state index contributed by atoms with van der Waals surface area (Å²) in [6.45, 7) is -2.64. The second kappa shape index (κ2) is 7.51. The summed E-state index contributed by atoms with van der Waals surface area (Å²) < 4.78 is 40.7. The lowest BCUT2D eigenvalue weighted by Crippen LogP contribution is -2.23. The number of hydrogen-bond donors (Lipinski definition) is 0. The normalized spacial score (nSPS) is 13.5. The summed E-state index contributed by atoms with van der Waals surface area (Å²) in [6.07, 6.45) is 2.04. The first-order valence-corrected chi connectivity index (χ1v) is 7.88. The molecule has 1 fully saturated rings. The molecule has 1 saturated carbocycles. The van der Waals surface area contributed by atoms with Crippen LogP contribution in [-0.4, -0.2) is 36.1 Å². The molecule has 1 aromatic carbocycles. The van der Waals surface area contributed by atoms with Gasteiger partial charge in [-0.05, 0) is 37.0 Å². The van der Waals surface area contributed by atoms with Crippen LogP contribution in [0.3, 0.4) is 0 Å². The quantitative estimate of drug-likeness (QED) is 0.700. The number of alkyl halides is 2. The monoisotopic (exact) mass is 366 g/mol. The Morgan fingerprint density at radius 3 is 2.69 bits per heavy atom. The fourth-order valence-electron chi connectivity index (χ4n) is 2.24. The average molecular weight is 366 g/mol. The Bertz CT molecular complexity index is 864. The third-order valence-corrected chi connectivity index (χ3v) is 3.75. The number of methoxy groups -OCH3 is 1. The molecule has 9 heteroatoms. The van der Waals surface area contributed by atoms with Crippen LogP contribution in [-0.2, 0) is 4.74 Å². The molecule has 3 rings (SSSR count). The summed E-state index contributed by atoms with van der Waals surface area (Å²) in [5.74, 6) is -0.378. The van der Waals surface area contributed by atoms with E-state index in [1.807, 2.05) is 0 Å². The highest BCUT2D eigenvalue weighted by molar-refractivity contribution is 5.86. The van der Waals surface area contributed by atoms with Crippen molar-refractivity contribution >= 4 is 5.97 Å². The van der Waals surface area contributed by atoms with Gasteiger partial charge < -0.3 is 14.2 Å². The number of nitrogens with zero attached hydrogens (tertiary/aromatic N) is 2. The van der Waals surface area contributed by atoms with Crippen molar-refractivity contribution in [2.24, 2.45) is 5.92 Å². The van der Waals surface area contributed by atoms with Crippen molar-refractivity contribution < 1.29 is 27.8 Å². The maximum absolute atomic E-state index is 12.6. The number of carbonyl (C=O) groups excluding carboxylic acids is 1. The molecule has 1 aromatic heterocycles. The smallest absolute Gasteiger partial charge is 0.387 e. The van der Waals surface area contributed by atoms with E-state index in [0.717, 1.165) is 23.6 Å². The fourth-order valence-corrected chi connectivity index (χ4v) is 2.24. The molecule has 26 heavy (non-hydrogen) atoms. The number of ether oxygens (including phenoxy) is 3. The second-order valence-corrected chi connectivity index (χ2v) is 5.72. The molecular formula is C17H16F2N2O5. The topological polar surface area (TPSA) is 79.7 Å². The Hall–Kier alpha value is -2.97. The lowest BCUT2D eigenvalue weighted by molar-refractivity contribution is -0.0515. The highest BCUT2D eigenvalue weighted by atomic mass is 19.3. The summed E-state index contributed by atoms with van der Waals surface area (Å²) in [5.41, 5.74) is -0.332. The molecule has 1 aliphatic rings. The Morgan fingerprint density at radius 1 is 1.27 bits per heavy atom.